The SMILES string of the molecule is NC1=C(O)C(=O)C(c2cccnc2)O1. The Balaban J connectivity index is 2.30. The lowest BCUT2D eigenvalue weighted by Crippen LogP contribution is -2.09. The molecule has 0 fully saturated rings. The second-order valence-electron chi connectivity index (χ2n) is 2.86. The zero-order chi connectivity index (χ0) is 10.1. The molecule has 5 nitrogen and oxygen atoms in total. The van der Waals surface area contributed by atoms with Crippen molar-refractivity contribution in [1.29, 1.82) is 0 Å². The molecule has 1 aromatic rings. The number of ketones is 1. The van der Waals surface area contributed by atoms with Gasteiger partial charge in [-0.15, -0.1) is 0 Å². The minimum atomic E-state index is -0.858. The van der Waals surface area contributed by atoms with Crippen LogP contribution in [0.1, 0.15) is 11.7 Å². The number of Topliss-reactive ketones (excluding diaryl/α,β-unsaturated/α-hetero) is 1. The standard InChI is InChI=1S/C9H8N2O3/c10-9-7(13)6(12)8(14-9)5-2-1-3-11-4-5/h1-4,8,13H,10H2. The highest BCUT2D eigenvalue weighted by Gasteiger charge is 2.35. The minimum Gasteiger partial charge on any atom is -0.501 e. The highest BCUT2D eigenvalue weighted by Crippen LogP contribution is 2.28. The first-order valence-corrected chi connectivity index (χ1v) is 3.99. The number of carbonyl (C=O) groups is 1. The summed E-state index contributed by atoms with van der Waals surface area (Å²) in [6, 6.07) is 3.36. The first kappa shape index (κ1) is 8.55. The molecule has 0 aliphatic carbocycles. The van der Waals surface area contributed by atoms with E-state index in [-0.39, 0.29) is 5.88 Å². The monoisotopic (exact) mass is 192 g/mol. The third-order valence-electron chi connectivity index (χ3n) is 1.94. The number of ether oxygens (including phenoxy) is 1. The molecule has 0 aromatic carbocycles. The molecule has 1 unspecified atom stereocenters. The van der Waals surface area contributed by atoms with Crippen molar-refractivity contribution in [2.75, 3.05) is 0 Å². The van der Waals surface area contributed by atoms with E-state index in [0.717, 1.165) is 0 Å². The average molecular weight is 192 g/mol. The van der Waals surface area contributed by atoms with Gasteiger partial charge in [0.05, 0.1) is 0 Å². The minimum absolute atomic E-state index is 0.233. The van der Waals surface area contributed by atoms with Gasteiger partial charge in [-0.05, 0) is 6.07 Å². The fourth-order valence-electron chi connectivity index (χ4n) is 1.23. The van der Waals surface area contributed by atoms with Crippen molar-refractivity contribution in [2.45, 2.75) is 6.10 Å². The first-order chi connectivity index (χ1) is 6.70. The summed E-state index contributed by atoms with van der Waals surface area (Å²) in [4.78, 5) is 15.2. The Hall–Kier alpha value is -2.04. The second kappa shape index (κ2) is 3.02. The topological polar surface area (TPSA) is 85.4 Å². The van der Waals surface area contributed by atoms with Crippen LogP contribution in [0.4, 0.5) is 0 Å². The maximum atomic E-state index is 11.4. The molecule has 5 heteroatoms. The van der Waals surface area contributed by atoms with Crippen molar-refractivity contribution in [3.05, 3.63) is 41.7 Å². The smallest absolute Gasteiger partial charge is 0.247 e. The molecule has 2 heterocycles. The average Bonchev–Trinajstić information content (AvgIpc) is 2.47. The second-order valence-corrected chi connectivity index (χ2v) is 2.86. The molecule has 0 spiro atoms. The van der Waals surface area contributed by atoms with E-state index >= 15 is 0 Å². The van der Waals surface area contributed by atoms with Crippen LogP contribution < -0.4 is 5.73 Å². The van der Waals surface area contributed by atoms with Crippen LogP contribution in [-0.2, 0) is 9.53 Å². The van der Waals surface area contributed by atoms with Gasteiger partial charge in [0.2, 0.25) is 17.4 Å². The molecule has 72 valence electrons. The Bertz CT molecular complexity index is 400. The fraction of sp³-hybridized carbons (Fsp3) is 0.111. The molecule has 1 aliphatic rings. The Labute approximate surface area is 79.8 Å². The van der Waals surface area contributed by atoms with Gasteiger partial charge in [-0.1, -0.05) is 6.07 Å². The molecule has 0 saturated heterocycles. The van der Waals surface area contributed by atoms with Crippen LogP contribution >= 0.6 is 0 Å². The van der Waals surface area contributed by atoms with Gasteiger partial charge >= 0.3 is 0 Å². The lowest BCUT2D eigenvalue weighted by atomic mass is 10.1. The van der Waals surface area contributed by atoms with E-state index in [1.165, 1.54) is 6.20 Å². The van der Waals surface area contributed by atoms with Crippen molar-refractivity contribution in [1.82, 2.24) is 4.98 Å². The number of hydrogen-bond donors (Lipinski definition) is 2. The summed E-state index contributed by atoms with van der Waals surface area (Å²) >= 11 is 0. The number of aliphatic hydroxyl groups excluding tert-OH is 1. The van der Waals surface area contributed by atoms with Gasteiger partial charge in [-0.3, -0.25) is 9.78 Å². The summed E-state index contributed by atoms with van der Waals surface area (Å²) < 4.78 is 4.99. The summed E-state index contributed by atoms with van der Waals surface area (Å²) in [5.74, 6) is -1.28. The Morgan fingerprint density at radius 1 is 1.57 bits per heavy atom. The predicted molar refractivity (Wildman–Crippen MR) is 46.9 cm³/mol. The van der Waals surface area contributed by atoms with Crippen LogP contribution in [0.5, 0.6) is 0 Å². The van der Waals surface area contributed by atoms with E-state index in [2.05, 4.69) is 4.98 Å². The van der Waals surface area contributed by atoms with Gasteiger partial charge < -0.3 is 15.6 Å². The highest BCUT2D eigenvalue weighted by atomic mass is 16.5. The van der Waals surface area contributed by atoms with Gasteiger partial charge in [0.25, 0.3) is 0 Å². The van der Waals surface area contributed by atoms with Crippen molar-refractivity contribution < 1.29 is 14.6 Å². The molecule has 0 amide bonds. The van der Waals surface area contributed by atoms with Crippen LogP contribution in [0, 0.1) is 0 Å². The van der Waals surface area contributed by atoms with Gasteiger partial charge in [0.15, 0.2) is 6.10 Å². The quantitative estimate of drug-likeness (QED) is 0.673. The molecule has 0 bridgehead atoms. The van der Waals surface area contributed by atoms with Crippen molar-refractivity contribution >= 4 is 5.78 Å². The molecule has 1 aromatic heterocycles. The van der Waals surface area contributed by atoms with Crippen molar-refractivity contribution in [3.8, 4) is 0 Å². The predicted octanol–water partition coefficient (Wildman–Crippen LogP) is 0.408. The number of rotatable bonds is 1. The summed E-state index contributed by atoms with van der Waals surface area (Å²) in [6.45, 7) is 0. The number of aliphatic hydroxyl groups is 1. The summed E-state index contributed by atoms with van der Waals surface area (Å²) in [7, 11) is 0. The van der Waals surface area contributed by atoms with Gasteiger partial charge in [0.1, 0.15) is 0 Å². The first-order valence-electron chi connectivity index (χ1n) is 3.99. The van der Waals surface area contributed by atoms with Crippen molar-refractivity contribution in [3.63, 3.8) is 0 Å². The van der Waals surface area contributed by atoms with E-state index in [1.807, 2.05) is 0 Å². The molecular weight excluding hydrogens is 184 g/mol. The highest BCUT2D eigenvalue weighted by molar-refractivity contribution is 5.99. The van der Waals surface area contributed by atoms with Gasteiger partial charge in [-0.2, -0.15) is 0 Å². The van der Waals surface area contributed by atoms with Gasteiger partial charge in [0, 0.05) is 18.0 Å². The van der Waals surface area contributed by atoms with E-state index in [9.17, 15) is 4.79 Å². The third-order valence-corrected chi connectivity index (χ3v) is 1.94. The van der Waals surface area contributed by atoms with E-state index < -0.39 is 17.6 Å². The third kappa shape index (κ3) is 1.19. The van der Waals surface area contributed by atoms with E-state index in [1.54, 1.807) is 18.3 Å². The number of nitrogens with two attached hydrogens (primary N) is 1. The molecule has 3 N–H and O–H groups in total. The normalized spacial score (nSPS) is 21.1. The molecule has 14 heavy (non-hydrogen) atoms. The van der Waals surface area contributed by atoms with Crippen LogP contribution in [0.3, 0.4) is 0 Å². The Morgan fingerprint density at radius 2 is 2.36 bits per heavy atom. The van der Waals surface area contributed by atoms with Crippen LogP contribution in [0.15, 0.2) is 36.2 Å². The summed E-state index contributed by atoms with van der Waals surface area (Å²) in [6.07, 6.45) is 2.22. The molecule has 0 radical (unpaired) electrons. The zero-order valence-corrected chi connectivity index (χ0v) is 7.18. The van der Waals surface area contributed by atoms with Crippen molar-refractivity contribution in [2.24, 2.45) is 5.73 Å². The van der Waals surface area contributed by atoms with Gasteiger partial charge in [-0.25, -0.2) is 0 Å². The summed E-state index contributed by atoms with van der Waals surface area (Å²) in [5, 5.41) is 9.16. The number of nitrogens with zero attached hydrogens (tertiary/aromatic N) is 1. The number of aromatic nitrogens is 1. The molecule has 0 saturated carbocycles. The number of pyridine rings is 1. The fourth-order valence-corrected chi connectivity index (χ4v) is 1.23. The molecule has 1 aliphatic heterocycles. The maximum absolute atomic E-state index is 11.4. The van der Waals surface area contributed by atoms with Crippen LogP contribution in [0.2, 0.25) is 0 Å². The summed E-state index contributed by atoms with van der Waals surface area (Å²) in [5.41, 5.74) is 5.84. The lowest BCUT2D eigenvalue weighted by Gasteiger charge is -2.08. The lowest BCUT2D eigenvalue weighted by molar-refractivity contribution is -0.123. The van der Waals surface area contributed by atoms with E-state index in [0.29, 0.717) is 5.56 Å². The molecule has 1 atom stereocenters. The number of hydrogen-bond acceptors (Lipinski definition) is 5. The van der Waals surface area contributed by atoms with Crippen LogP contribution in [-0.4, -0.2) is 15.9 Å². The van der Waals surface area contributed by atoms with Crippen LogP contribution in [0.25, 0.3) is 0 Å². The maximum Gasteiger partial charge on any atom is 0.247 e. The van der Waals surface area contributed by atoms with E-state index in [4.69, 9.17) is 15.6 Å². The number of carbonyl (C=O) groups excluding carboxylic acids is 1. The largest absolute Gasteiger partial charge is 0.501 e. The Kier molecular flexibility index (Phi) is 1.85. The Morgan fingerprint density at radius 3 is 2.86 bits per heavy atom. The molecular formula is C9H8N2O3. The molecule has 2 rings (SSSR count). The zero-order valence-electron chi connectivity index (χ0n) is 7.18.